The molecule has 2 N–H and O–H groups in total. The van der Waals surface area contributed by atoms with Gasteiger partial charge in [0.1, 0.15) is 17.3 Å². The van der Waals surface area contributed by atoms with Gasteiger partial charge < -0.3 is 9.15 Å². The number of hydrogen-bond donors (Lipinski definition) is 2. The maximum atomic E-state index is 11.8. The maximum Gasteiger partial charge on any atom is 0.276 e. The number of amides is 2. The molecule has 0 saturated heterocycles. The van der Waals surface area contributed by atoms with Gasteiger partial charge in [0, 0.05) is 12.0 Å². The van der Waals surface area contributed by atoms with Gasteiger partial charge in [-0.25, -0.2) is 0 Å². The first-order chi connectivity index (χ1) is 12.9. The fraction of sp³-hybridized carbons (Fsp3) is 0.333. The van der Waals surface area contributed by atoms with Crippen LogP contribution in [0.3, 0.4) is 0 Å². The summed E-state index contributed by atoms with van der Waals surface area (Å²) in [5.41, 5.74) is 6.74. The van der Waals surface area contributed by atoms with E-state index in [1.165, 1.54) is 6.08 Å². The Kier molecular flexibility index (Phi) is 5.64. The number of nitrogens with one attached hydrogen (secondary N) is 2. The highest BCUT2D eigenvalue weighted by atomic mass is 16.5. The summed E-state index contributed by atoms with van der Waals surface area (Å²) in [7, 11) is 0. The van der Waals surface area contributed by atoms with Gasteiger partial charge in [0.05, 0.1) is 0 Å². The van der Waals surface area contributed by atoms with Crippen molar-refractivity contribution in [3.8, 4) is 5.75 Å². The van der Waals surface area contributed by atoms with Gasteiger partial charge in [-0.3, -0.25) is 20.4 Å². The second-order valence-corrected chi connectivity index (χ2v) is 7.04. The fourth-order valence-electron chi connectivity index (χ4n) is 2.91. The molecule has 27 heavy (non-hydrogen) atoms. The molecule has 1 aliphatic rings. The number of benzene rings is 1. The quantitative estimate of drug-likeness (QED) is 0.606. The lowest BCUT2D eigenvalue weighted by Crippen LogP contribution is -2.43. The van der Waals surface area contributed by atoms with E-state index >= 15 is 0 Å². The third kappa shape index (κ3) is 5.48. The zero-order valence-electron chi connectivity index (χ0n) is 15.7. The first kappa shape index (κ1) is 18.8. The third-order valence-corrected chi connectivity index (χ3v) is 4.41. The minimum atomic E-state index is -0.451. The largest absolute Gasteiger partial charge is 0.484 e. The lowest BCUT2D eigenvalue weighted by Gasteiger charge is -2.09. The van der Waals surface area contributed by atoms with Crippen molar-refractivity contribution in [2.45, 2.75) is 33.1 Å². The van der Waals surface area contributed by atoms with E-state index in [2.05, 4.69) is 17.8 Å². The van der Waals surface area contributed by atoms with Crippen molar-refractivity contribution in [1.82, 2.24) is 10.9 Å². The molecule has 2 aromatic rings. The molecule has 142 valence electrons. The van der Waals surface area contributed by atoms with Gasteiger partial charge >= 0.3 is 0 Å². The molecule has 6 heteroatoms. The summed E-state index contributed by atoms with van der Waals surface area (Å²) in [5, 5.41) is 0. The minimum absolute atomic E-state index is 0.187. The maximum absolute atomic E-state index is 11.8. The highest BCUT2D eigenvalue weighted by Crippen LogP contribution is 2.47. The van der Waals surface area contributed by atoms with Crippen molar-refractivity contribution in [3.05, 3.63) is 59.1 Å². The van der Waals surface area contributed by atoms with E-state index < -0.39 is 11.8 Å². The van der Waals surface area contributed by atoms with Gasteiger partial charge in [-0.1, -0.05) is 13.0 Å². The standard InChI is InChI=1S/C21H24N2O4/c1-13-8-14(2)10-17(9-13)26-12-21(25)23-22-20(24)7-5-16-4-6-19(27-16)18-11-15(18)3/h4-10,15,18H,11-12H2,1-3H3,(H,22,24)(H,23,25)/b7-5+. The van der Waals surface area contributed by atoms with Crippen LogP contribution in [-0.2, 0) is 9.59 Å². The van der Waals surface area contributed by atoms with Gasteiger partial charge in [-0.05, 0) is 67.7 Å². The minimum Gasteiger partial charge on any atom is -0.484 e. The fourth-order valence-corrected chi connectivity index (χ4v) is 2.91. The smallest absolute Gasteiger partial charge is 0.276 e. The lowest BCUT2D eigenvalue weighted by molar-refractivity contribution is -0.128. The topological polar surface area (TPSA) is 80.6 Å². The Labute approximate surface area is 158 Å². The molecule has 0 radical (unpaired) electrons. The Balaban J connectivity index is 1.40. The van der Waals surface area contributed by atoms with Crippen LogP contribution in [-0.4, -0.2) is 18.4 Å². The molecule has 1 heterocycles. The Morgan fingerprint density at radius 3 is 2.56 bits per heavy atom. The van der Waals surface area contributed by atoms with E-state index in [-0.39, 0.29) is 6.61 Å². The molecule has 0 bridgehead atoms. The molecule has 1 saturated carbocycles. The molecule has 6 nitrogen and oxygen atoms in total. The van der Waals surface area contributed by atoms with Crippen molar-refractivity contribution in [1.29, 1.82) is 0 Å². The Bertz CT molecular complexity index is 849. The number of carbonyl (C=O) groups is 2. The number of rotatable bonds is 6. The zero-order chi connectivity index (χ0) is 19.4. The van der Waals surface area contributed by atoms with Crippen LogP contribution >= 0.6 is 0 Å². The van der Waals surface area contributed by atoms with E-state index in [4.69, 9.17) is 9.15 Å². The predicted octanol–water partition coefficient (Wildman–Crippen LogP) is 3.26. The van der Waals surface area contributed by atoms with Gasteiger partial charge in [0.2, 0.25) is 0 Å². The first-order valence-corrected chi connectivity index (χ1v) is 8.98. The molecule has 1 aliphatic carbocycles. The summed E-state index contributed by atoms with van der Waals surface area (Å²) in [5.74, 6) is 2.46. The summed E-state index contributed by atoms with van der Waals surface area (Å²) < 4.78 is 11.1. The average Bonchev–Trinajstić information content (AvgIpc) is 3.16. The molecule has 2 atom stereocenters. The normalized spacial score (nSPS) is 18.3. The van der Waals surface area contributed by atoms with Gasteiger partial charge in [-0.2, -0.15) is 0 Å². The molecular weight excluding hydrogens is 344 g/mol. The molecule has 0 spiro atoms. The monoisotopic (exact) mass is 368 g/mol. The Morgan fingerprint density at radius 1 is 1.19 bits per heavy atom. The number of furan rings is 1. The summed E-state index contributed by atoms with van der Waals surface area (Å²) in [6.45, 7) is 5.91. The highest BCUT2D eigenvalue weighted by Gasteiger charge is 2.36. The average molecular weight is 368 g/mol. The van der Waals surface area contributed by atoms with E-state index in [1.807, 2.05) is 44.2 Å². The molecular formula is C21H24N2O4. The predicted molar refractivity (Wildman–Crippen MR) is 102 cm³/mol. The summed E-state index contributed by atoms with van der Waals surface area (Å²) in [4.78, 5) is 23.6. The number of carbonyl (C=O) groups excluding carboxylic acids is 2. The van der Waals surface area contributed by atoms with Crippen LogP contribution in [0.2, 0.25) is 0 Å². The van der Waals surface area contributed by atoms with E-state index in [9.17, 15) is 9.59 Å². The van der Waals surface area contributed by atoms with Crippen molar-refractivity contribution in [2.24, 2.45) is 5.92 Å². The van der Waals surface area contributed by atoms with E-state index in [0.29, 0.717) is 23.3 Å². The summed E-state index contributed by atoms with van der Waals surface area (Å²) in [6, 6.07) is 9.49. The van der Waals surface area contributed by atoms with Crippen LogP contribution in [0.5, 0.6) is 5.75 Å². The second-order valence-electron chi connectivity index (χ2n) is 7.04. The number of hydrogen-bond acceptors (Lipinski definition) is 4. The summed E-state index contributed by atoms with van der Waals surface area (Å²) in [6.07, 6.45) is 4.03. The number of ether oxygens (including phenoxy) is 1. The third-order valence-electron chi connectivity index (χ3n) is 4.41. The molecule has 2 amide bonds. The molecule has 0 aliphatic heterocycles. The highest BCUT2D eigenvalue weighted by molar-refractivity contribution is 5.92. The number of aryl methyl sites for hydroxylation is 2. The van der Waals surface area contributed by atoms with Gasteiger partial charge in [0.25, 0.3) is 11.8 Å². The van der Waals surface area contributed by atoms with Crippen LogP contribution in [0.1, 0.15) is 41.9 Å². The summed E-state index contributed by atoms with van der Waals surface area (Å²) >= 11 is 0. The van der Waals surface area contributed by atoms with E-state index in [0.717, 1.165) is 23.3 Å². The van der Waals surface area contributed by atoms with Crippen molar-refractivity contribution in [3.63, 3.8) is 0 Å². The van der Waals surface area contributed by atoms with Crippen LogP contribution in [0.25, 0.3) is 6.08 Å². The van der Waals surface area contributed by atoms with Crippen molar-refractivity contribution in [2.75, 3.05) is 6.61 Å². The Morgan fingerprint density at radius 2 is 1.89 bits per heavy atom. The first-order valence-electron chi connectivity index (χ1n) is 8.98. The molecule has 2 unspecified atom stereocenters. The van der Waals surface area contributed by atoms with Crippen LogP contribution in [0, 0.1) is 19.8 Å². The van der Waals surface area contributed by atoms with E-state index in [1.54, 1.807) is 6.08 Å². The van der Waals surface area contributed by atoms with Crippen LogP contribution < -0.4 is 15.6 Å². The van der Waals surface area contributed by atoms with Gasteiger partial charge in [0.15, 0.2) is 6.61 Å². The molecule has 1 aromatic carbocycles. The van der Waals surface area contributed by atoms with Crippen molar-refractivity contribution >= 4 is 17.9 Å². The zero-order valence-corrected chi connectivity index (χ0v) is 15.7. The molecule has 1 fully saturated rings. The van der Waals surface area contributed by atoms with Crippen LogP contribution in [0.4, 0.5) is 0 Å². The molecule has 1 aromatic heterocycles. The molecule has 3 rings (SSSR count). The van der Waals surface area contributed by atoms with Gasteiger partial charge in [-0.15, -0.1) is 0 Å². The van der Waals surface area contributed by atoms with Crippen molar-refractivity contribution < 1.29 is 18.7 Å². The Hall–Kier alpha value is -3.02. The number of hydrazine groups is 1. The lowest BCUT2D eigenvalue weighted by atomic mass is 10.1. The second kappa shape index (κ2) is 8.12. The van der Waals surface area contributed by atoms with Crippen LogP contribution in [0.15, 0.2) is 40.8 Å². The SMILES string of the molecule is Cc1cc(C)cc(OCC(=O)NNC(=O)/C=C/c2ccc(C3CC3C)o2)c1.